The summed E-state index contributed by atoms with van der Waals surface area (Å²) >= 11 is 0. The number of nitrogens with zero attached hydrogens (tertiary/aromatic N) is 2. The first-order chi connectivity index (χ1) is 9.15. The van der Waals surface area contributed by atoms with Crippen molar-refractivity contribution in [2.24, 2.45) is 11.6 Å². The van der Waals surface area contributed by atoms with Gasteiger partial charge in [0, 0.05) is 25.5 Å². The van der Waals surface area contributed by atoms with Crippen molar-refractivity contribution in [3.05, 3.63) is 11.9 Å². The van der Waals surface area contributed by atoms with E-state index in [0.717, 1.165) is 43.9 Å². The number of hydrazine groups is 1. The van der Waals surface area contributed by atoms with E-state index in [0.29, 0.717) is 12.2 Å². The fourth-order valence-electron chi connectivity index (χ4n) is 1.64. The molecule has 0 aliphatic carbocycles. The van der Waals surface area contributed by atoms with Crippen molar-refractivity contribution < 1.29 is 4.79 Å². The lowest BCUT2D eigenvalue weighted by Crippen LogP contribution is -2.13. The van der Waals surface area contributed by atoms with Crippen molar-refractivity contribution >= 4 is 17.5 Å². The van der Waals surface area contributed by atoms with E-state index in [1.54, 1.807) is 6.07 Å². The van der Waals surface area contributed by atoms with Gasteiger partial charge in [0.1, 0.15) is 17.5 Å². The second-order valence-electron chi connectivity index (χ2n) is 4.30. The summed E-state index contributed by atoms with van der Waals surface area (Å²) < 4.78 is 0. The van der Waals surface area contributed by atoms with E-state index in [-0.39, 0.29) is 5.91 Å². The van der Waals surface area contributed by atoms with E-state index in [4.69, 9.17) is 11.6 Å². The van der Waals surface area contributed by atoms with Gasteiger partial charge >= 0.3 is 0 Å². The monoisotopic (exact) mass is 266 g/mol. The maximum absolute atomic E-state index is 10.6. The van der Waals surface area contributed by atoms with Crippen molar-refractivity contribution in [3.63, 3.8) is 0 Å². The SMILES string of the molecule is CCCc1nc(NN)cc(NCCCCC(N)=O)n1. The Bertz CT molecular complexity index is 409. The Morgan fingerprint density at radius 3 is 2.68 bits per heavy atom. The number of primary amides is 1. The Kier molecular flexibility index (Phi) is 6.59. The van der Waals surface area contributed by atoms with Crippen LogP contribution in [-0.2, 0) is 11.2 Å². The van der Waals surface area contributed by atoms with Gasteiger partial charge in [-0.1, -0.05) is 6.92 Å². The van der Waals surface area contributed by atoms with Crippen LogP contribution in [-0.4, -0.2) is 22.4 Å². The van der Waals surface area contributed by atoms with Crippen LogP contribution in [0.15, 0.2) is 6.07 Å². The molecule has 0 saturated carbocycles. The second kappa shape index (κ2) is 8.25. The molecule has 106 valence electrons. The van der Waals surface area contributed by atoms with E-state index in [1.165, 1.54) is 0 Å². The molecule has 0 radical (unpaired) electrons. The van der Waals surface area contributed by atoms with Crippen LogP contribution in [0.2, 0.25) is 0 Å². The number of unbranched alkanes of at least 4 members (excludes halogenated alkanes) is 1. The highest BCUT2D eigenvalue weighted by Crippen LogP contribution is 2.11. The van der Waals surface area contributed by atoms with Crippen LogP contribution in [0, 0.1) is 0 Å². The fraction of sp³-hybridized carbons (Fsp3) is 0.583. The summed E-state index contributed by atoms with van der Waals surface area (Å²) in [6.07, 6.45) is 3.85. The van der Waals surface area contributed by atoms with Gasteiger partial charge < -0.3 is 16.5 Å². The largest absolute Gasteiger partial charge is 0.370 e. The molecule has 0 atom stereocenters. The molecule has 0 aliphatic heterocycles. The molecule has 7 nitrogen and oxygen atoms in total. The van der Waals surface area contributed by atoms with Crippen molar-refractivity contribution in [1.82, 2.24) is 9.97 Å². The molecule has 0 bridgehead atoms. The lowest BCUT2D eigenvalue weighted by Gasteiger charge is -2.09. The number of nitrogens with one attached hydrogen (secondary N) is 2. The third-order valence-electron chi connectivity index (χ3n) is 2.55. The predicted molar refractivity (Wildman–Crippen MR) is 75.4 cm³/mol. The van der Waals surface area contributed by atoms with Crippen molar-refractivity contribution in [2.75, 3.05) is 17.3 Å². The highest BCUT2D eigenvalue weighted by molar-refractivity contribution is 5.73. The normalized spacial score (nSPS) is 10.2. The first-order valence-electron chi connectivity index (χ1n) is 6.52. The molecular formula is C12H22N6O. The van der Waals surface area contributed by atoms with Gasteiger partial charge in [-0.2, -0.15) is 0 Å². The number of hydrogen-bond acceptors (Lipinski definition) is 6. The van der Waals surface area contributed by atoms with Gasteiger partial charge in [0.05, 0.1) is 0 Å². The Balaban J connectivity index is 2.47. The minimum absolute atomic E-state index is 0.262. The van der Waals surface area contributed by atoms with Crippen LogP contribution in [0.4, 0.5) is 11.6 Å². The third-order valence-corrected chi connectivity index (χ3v) is 2.55. The number of rotatable bonds is 9. The number of nitrogens with two attached hydrogens (primary N) is 2. The van der Waals surface area contributed by atoms with E-state index < -0.39 is 0 Å². The topological polar surface area (TPSA) is 119 Å². The van der Waals surface area contributed by atoms with Crippen LogP contribution in [0.1, 0.15) is 38.4 Å². The zero-order chi connectivity index (χ0) is 14.1. The van der Waals surface area contributed by atoms with Gasteiger partial charge in [-0.25, -0.2) is 15.8 Å². The maximum atomic E-state index is 10.6. The van der Waals surface area contributed by atoms with Crippen molar-refractivity contribution in [2.45, 2.75) is 39.0 Å². The molecule has 0 fully saturated rings. The molecule has 0 unspecified atom stereocenters. The quantitative estimate of drug-likeness (QED) is 0.298. The maximum Gasteiger partial charge on any atom is 0.217 e. The molecule has 1 aromatic rings. The first-order valence-corrected chi connectivity index (χ1v) is 6.52. The number of anilines is 2. The van der Waals surface area contributed by atoms with Gasteiger partial charge in [-0.3, -0.25) is 4.79 Å². The molecule has 6 N–H and O–H groups in total. The van der Waals surface area contributed by atoms with E-state index in [9.17, 15) is 4.79 Å². The van der Waals surface area contributed by atoms with Gasteiger partial charge in [0.2, 0.25) is 5.91 Å². The van der Waals surface area contributed by atoms with Gasteiger partial charge in [-0.15, -0.1) is 0 Å². The lowest BCUT2D eigenvalue weighted by molar-refractivity contribution is -0.118. The summed E-state index contributed by atoms with van der Waals surface area (Å²) in [7, 11) is 0. The molecule has 1 aromatic heterocycles. The minimum Gasteiger partial charge on any atom is -0.370 e. The lowest BCUT2D eigenvalue weighted by atomic mass is 10.2. The second-order valence-corrected chi connectivity index (χ2v) is 4.30. The number of hydrogen-bond donors (Lipinski definition) is 4. The van der Waals surface area contributed by atoms with Crippen LogP contribution in [0.25, 0.3) is 0 Å². The Hall–Kier alpha value is -1.89. The Morgan fingerprint density at radius 2 is 2.05 bits per heavy atom. The van der Waals surface area contributed by atoms with Crippen molar-refractivity contribution in [3.8, 4) is 0 Å². The molecular weight excluding hydrogens is 244 g/mol. The Labute approximate surface area is 113 Å². The molecule has 7 heteroatoms. The number of nitrogen functional groups attached to an aromatic ring is 1. The molecule has 1 heterocycles. The molecule has 0 aromatic carbocycles. The first kappa shape index (κ1) is 15.2. The molecule has 0 aliphatic rings. The number of amides is 1. The third kappa shape index (κ3) is 6.01. The highest BCUT2D eigenvalue weighted by atomic mass is 16.1. The highest BCUT2D eigenvalue weighted by Gasteiger charge is 2.03. The van der Waals surface area contributed by atoms with Gasteiger partial charge in [0.15, 0.2) is 0 Å². The average molecular weight is 266 g/mol. The summed E-state index contributed by atoms with van der Waals surface area (Å²) in [5, 5.41) is 3.19. The molecule has 19 heavy (non-hydrogen) atoms. The smallest absolute Gasteiger partial charge is 0.217 e. The standard InChI is InChI=1S/C12H22N6O/c1-2-5-10-16-11(8-12(17-10)18-14)15-7-4-3-6-9(13)19/h8H,2-7,14H2,1H3,(H2,13,19)(H2,15,16,17,18). The molecule has 0 saturated heterocycles. The minimum atomic E-state index is -0.262. The number of aryl methyl sites for hydroxylation is 1. The number of aromatic nitrogens is 2. The summed E-state index contributed by atoms with van der Waals surface area (Å²) in [5.41, 5.74) is 7.61. The van der Waals surface area contributed by atoms with E-state index >= 15 is 0 Å². The van der Waals surface area contributed by atoms with Gasteiger partial charge in [-0.05, 0) is 19.3 Å². The Morgan fingerprint density at radius 1 is 1.32 bits per heavy atom. The zero-order valence-corrected chi connectivity index (χ0v) is 11.3. The van der Waals surface area contributed by atoms with Gasteiger partial charge in [0.25, 0.3) is 0 Å². The fourth-order valence-corrected chi connectivity index (χ4v) is 1.64. The molecule has 1 amide bonds. The number of carbonyl (C=O) groups excluding carboxylic acids is 1. The summed E-state index contributed by atoms with van der Waals surface area (Å²) in [5.74, 6) is 7.21. The molecule has 1 rings (SSSR count). The van der Waals surface area contributed by atoms with Crippen LogP contribution >= 0.6 is 0 Å². The van der Waals surface area contributed by atoms with Crippen LogP contribution in [0.5, 0.6) is 0 Å². The average Bonchev–Trinajstić information content (AvgIpc) is 2.38. The zero-order valence-electron chi connectivity index (χ0n) is 11.3. The number of carbonyl (C=O) groups is 1. The van der Waals surface area contributed by atoms with Crippen LogP contribution < -0.4 is 22.3 Å². The van der Waals surface area contributed by atoms with Crippen LogP contribution in [0.3, 0.4) is 0 Å². The summed E-state index contributed by atoms with van der Waals surface area (Å²) in [6.45, 7) is 2.81. The summed E-state index contributed by atoms with van der Waals surface area (Å²) in [6, 6.07) is 1.76. The predicted octanol–water partition coefficient (Wildman–Crippen LogP) is 0.782. The van der Waals surface area contributed by atoms with E-state index in [1.807, 2.05) is 0 Å². The summed E-state index contributed by atoms with van der Waals surface area (Å²) in [4.78, 5) is 19.2. The van der Waals surface area contributed by atoms with Crippen molar-refractivity contribution in [1.29, 1.82) is 0 Å². The van der Waals surface area contributed by atoms with E-state index in [2.05, 4.69) is 27.6 Å². The molecule has 0 spiro atoms.